The van der Waals surface area contributed by atoms with Crippen LogP contribution in [0, 0.1) is 13.8 Å². The SMILES string of the molecule is Cc1cc(C)cc(N2CCN3C2=NC2C3C(=O)N(Cc3ccccc3)C(=O)N2C)c1. The summed E-state index contributed by atoms with van der Waals surface area (Å²) in [6.45, 7) is 5.92. The first-order valence-electron chi connectivity index (χ1n) is 10.3. The lowest BCUT2D eigenvalue weighted by atomic mass is 10.1. The van der Waals surface area contributed by atoms with Gasteiger partial charge in [0.1, 0.15) is 0 Å². The van der Waals surface area contributed by atoms with Crippen LogP contribution in [-0.2, 0) is 11.3 Å². The number of rotatable bonds is 3. The summed E-state index contributed by atoms with van der Waals surface area (Å²) in [5.74, 6) is 0.609. The smallest absolute Gasteiger partial charge is 0.325 e. The monoisotopic (exact) mass is 403 g/mol. The molecule has 30 heavy (non-hydrogen) atoms. The number of amides is 3. The molecule has 3 aliphatic heterocycles. The number of carbonyl (C=O) groups excluding carboxylic acids is 2. The quantitative estimate of drug-likeness (QED) is 0.791. The van der Waals surface area contributed by atoms with E-state index >= 15 is 0 Å². The van der Waals surface area contributed by atoms with Crippen molar-refractivity contribution in [2.75, 3.05) is 25.0 Å². The van der Waals surface area contributed by atoms with Gasteiger partial charge in [0.25, 0.3) is 5.91 Å². The number of benzene rings is 2. The third-order valence-electron chi connectivity index (χ3n) is 6.08. The predicted octanol–water partition coefficient (Wildman–Crippen LogP) is 2.58. The molecule has 0 bridgehead atoms. The van der Waals surface area contributed by atoms with Crippen LogP contribution in [0.5, 0.6) is 0 Å². The largest absolute Gasteiger partial charge is 0.328 e. The Hall–Kier alpha value is -3.35. The Labute approximate surface area is 176 Å². The number of likely N-dealkylation sites (N-methyl/N-ethyl adjacent to an activating group) is 1. The number of urea groups is 1. The van der Waals surface area contributed by atoms with Gasteiger partial charge in [0.05, 0.1) is 6.54 Å². The third-order valence-corrected chi connectivity index (χ3v) is 6.08. The number of aliphatic imine (C=N–C) groups is 1. The van der Waals surface area contributed by atoms with Crippen LogP contribution in [-0.4, -0.2) is 64.9 Å². The van der Waals surface area contributed by atoms with E-state index in [2.05, 4.69) is 41.8 Å². The van der Waals surface area contributed by atoms with E-state index < -0.39 is 12.2 Å². The molecular formula is C23H25N5O2. The molecule has 0 saturated carbocycles. The second kappa shape index (κ2) is 6.86. The number of anilines is 1. The van der Waals surface area contributed by atoms with Crippen molar-refractivity contribution in [1.29, 1.82) is 0 Å². The minimum absolute atomic E-state index is 0.173. The Morgan fingerprint density at radius 1 is 1.00 bits per heavy atom. The number of carbonyl (C=O) groups is 2. The van der Waals surface area contributed by atoms with Gasteiger partial charge in [-0.15, -0.1) is 0 Å². The second-order valence-electron chi connectivity index (χ2n) is 8.28. The summed E-state index contributed by atoms with van der Waals surface area (Å²) in [7, 11) is 1.73. The predicted molar refractivity (Wildman–Crippen MR) is 115 cm³/mol. The average molecular weight is 403 g/mol. The first-order valence-corrected chi connectivity index (χ1v) is 10.3. The lowest BCUT2D eigenvalue weighted by molar-refractivity contribution is -0.137. The number of aryl methyl sites for hydroxylation is 2. The fourth-order valence-corrected chi connectivity index (χ4v) is 4.70. The van der Waals surface area contributed by atoms with E-state index in [-0.39, 0.29) is 18.5 Å². The van der Waals surface area contributed by atoms with E-state index in [0.29, 0.717) is 6.54 Å². The molecule has 154 valence electrons. The number of fused-ring (bicyclic) bond motifs is 3. The molecule has 2 atom stereocenters. The molecule has 7 nitrogen and oxygen atoms in total. The van der Waals surface area contributed by atoms with Crippen molar-refractivity contribution >= 4 is 23.6 Å². The zero-order chi connectivity index (χ0) is 21.0. The molecule has 2 aromatic carbocycles. The molecular weight excluding hydrogens is 378 g/mol. The van der Waals surface area contributed by atoms with Crippen LogP contribution in [0.1, 0.15) is 16.7 Å². The first-order chi connectivity index (χ1) is 14.4. The Morgan fingerprint density at radius 2 is 1.70 bits per heavy atom. The minimum atomic E-state index is -0.485. The van der Waals surface area contributed by atoms with Crippen LogP contribution < -0.4 is 4.90 Å². The average Bonchev–Trinajstić information content (AvgIpc) is 3.29. The van der Waals surface area contributed by atoms with Crippen molar-refractivity contribution in [2.24, 2.45) is 4.99 Å². The number of hydrogen-bond acceptors (Lipinski definition) is 5. The maximum Gasteiger partial charge on any atom is 0.328 e. The summed E-state index contributed by atoms with van der Waals surface area (Å²) in [6.07, 6.45) is -0.485. The maximum atomic E-state index is 13.4. The van der Waals surface area contributed by atoms with Gasteiger partial charge < -0.3 is 14.7 Å². The molecule has 3 heterocycles. The van der Waals surface area contributed by atoms with Gasteiger partial charge in [-0.25, -0.2) is 9.79 Å². The molecule has 0 spiro atoms. The van der Waals surface area contributed by atoms with Gasteiger partial charge in [-0.3, -0.25) is 9.69 Å². The zero-order valence-electron chi connectivity index (χ0n) is 17.4. The van der Waals surface area contributed by atoms with Gasteiger partial charge >= 0.3 is 6.03 Å². The Morgan fingerprint density at radius 3 is 2.40 bits per heavy atom. The van der Waals surface area contributed by atoms with Gasteiger partial charge in [-0.2, -0.15) is 0 Å². The van der Waals surface area contributed by atoms with Crippen molar-refractivity contribution in [1.82, 2.24) is 14.7 Å². The summed E-state index contributed by atoms with van der Waals surface area (Å²) in [5, 5.41) is 0. The molecule has 0 radical (unpaired) electrons. The van der Waals surface area contributed by atoms with Crippen molar-refractivity contribution < 1.29 is 9.59 Å². The van der Waals surface area contributed by atoms with Gasteiger partial charge in [-0.1, -0.05) is 36.4 Å². The standard InChI is InChI=1S/C23H25N5O2/c1-15-11-16(2)13-18(12-15)26-9-10-27-19-20(24-22(26)27)25(3)23(30)28(21(19)29)14-17-7-5-4-6-8-17/h4-8,11-13,19-20H,9-10,14H2,1-3H3. The Kier molecular flexibility index (Phi) is 4.27. The highest BCUT2D eigenvalue weighted by Crippen LogP contribution is 2.34. The maximum absolute atomic E-state index is 13.4. The normalized spacial score (nSPS) is 23.1. The van der Waals surface area contributed by atoms with Crippen LogP contribution in [0.25, 0.3) is 0 Å². The molecule has 7 heteroatoms. The van der Waals surface area contributed by atoms with Gasteiger partial charge in [0.2, 0.25) is 5.96 Å². The second-order valence-corrected chi connectivity index (χ2v) is 8.28. The fraction of sp³-hybridized carbons (Fsp3) is 0.348. The fourth-order valence-electron chi connectivity index (χ4n) is 4.70. The van der Waals surface area contributed by atoms with Gasteiger partial charge in [0, 0.05) is 25.8 Å². The van der Waals surface area contributed by atoms with Crippen molar-refractivity contribution in [3.05, 3.63) is 65.2 Å². The summed E-state index contributed by atoms with van der Waals surface area (Å²) in [6, 6.07) is 15.3. The van der Waals surface area contributed by atoms with E-state index in [1.807, 2.05) is 30.3 Å². The van der Waals surface area contributed by atoms with E-state index in [4.69, 9.17) is 4.99 Å². The van der Waals surface area contributed by atoms with Crippen molar-refractivity contribution in [2.45, 2.75) is 32.6 Å². The van der Waals surface area contributed by atoms with Crippen molar-refractivity contribution in [3.63, 3.8) is 0 Å². The lowest BCUT2D eigenvalue weighted by Crippen LogP contribution is -2.64. The Bertz CT molecular complexity index is 1030. The summed E-state index contributed by atoms with van der Waals surface area (Å²) in [5.41, 5.74) is 4.40. The van der Waals surface area contributed by atoms with Crippen LogP contribution >= 0.6 is 0 Å². The number of imide groups is 1. The summed E-state index contributed by atoms with van der Waals surface area (Å²) >= 11 is 0. The Balaban J connectivity index is 1.45. The molecule has 0 aromatic heterocycles. The third kappa shape index (κ3) is 2.84. The topological polar surface area (TPSA) is 59.5 Å². The molecule has 0 aliphatic carbocycles. The molecule has 2 aromatic rings. The number of nitrogens with zero attached hydrogens (tertiary/aromatic N) is 5. The van der Waals surface area contributed by atoms with Gasteiger partial charge in [0.15, 0.2) is 12.2 Å². The summed E-state index contributed by atoms with van der Waals surface area (Å²) < 4.78 is 0. The minimum Gasteiger partial charge on any atom is -0.325 e. The molecule has 0 N–H and O–H groups in total. The van der Waals surface area contributed by atoms with Crippen LogP contribution in [0.15, 0.2) is 53.5 Å². The highest BCUT2D eigenvalue weighted by Gasteiger charge is 2.54. The molecule has 2 fully saturated rings. The van der Waals surface area contributed by atoms with Crippen molar-refractivity contribution in [3.8, 4) is 0 Å². The van der Waals surface area contributed by atoms with Crippen LogP contribution in [0.4, 0.5) is 10.5 Å². The molecule has 3 aliphatic rings. The van der Waals surface area contributed by atoms with Crippen LogP contribution in [0.3, 0.4) is 0 Å². The van der Waals surface area contributed by atoms with E-state index in [9.17, 15) is 9.59 Å². The number of hydrogen-bond donors (Lipinski definition) is 0. The highest BCUT2D eigenvalue weighted by molar-refractivity contribution is 6.08. The van der Waals surface area contributed by atoms with E-state index in [1.165, 1.54) is 16.0 Å². The first kappa shape index (κ1) is 18.7. The van der Waals surface area contributed by atoms with E-state index in [0.717, 1.165) is 23.8 Å². The van der Waals surface area contributed by atoms with Gasteiger partial charge in [-0.05, 0) is 42.7 Å². The zero-order valence-corrected chi connectivity index (χ0v) is 17.4. The lowest BCUT2D eigenvalue weighted by Gasteiger charge is -2.40. The van der Waals surface area contributed by atoms with Crippen LogP contribution in [0.2, 0.25) is 0 Å². The summed E-state index contributed by atoms with van der Waals surface area (Å²) in [4.78, 5) is 38.4. The highest BCUT2D eigenvalue weighted by atomic mass is 16.2. The molecule has 2 unspecified atom stereocenters. The molecule has 3 amide bonds. The molecule has 2 saturated heterocycles. The molecule has 5 rings (SSSR count). The van der Waals surface area contributed by atoms with E-state index in [1.54, 1.807) is 11.9 Å². The number of guanidine groups is 1.